The van der Waals surface area contributed by atoms with Crippen LogP contribution in [-0.4, -0.2) is 0 Å². The molecule has 0 bridgehead atoms. The van der Waals surface area contributed by atoms with E-state index >= 15 is 0 Å². The number of aryl methyl sites for hydroxylation is 1. The van der Waals surface area contributed by atoms with E-state index in [1.165, 1.54) is 68.6 Å². The highest BCUT2D eigenvalue weighted by Crippen LogP contribution is 2.37. The highest BCUT2D eigenvalue weighted by Gasteiger charge is 2.22. The van der Waals surface area contributed by atoms with Crippen molar-refractivity contribution in [2.24, 2.45) is 17.8 Å². The third kappa shape index (κ3) is 7.12. The van der Waals surface area contributed by atoms with E-state index in [1.54, 1.807) is 6.07 Å². The summed E-state index contributed by atoms with van der Waals surface area (Å²) in [5.74, 6) is 1.73. The predicted octanol–water partition coefficient (Wildman–Crippen LogP) is 8.43. The second kappa shape index (κ2) is 12.1. The van der Waals surface area contributed by atoms with Gasteiger partial charge in [0.05, 0.1) is 0 Å². The van der Waals surface area contributed by atoms with Crippen LogP contribution in [0.25, 0.3) is 0 Å². The summed E-state index contributed by atoms with van der Waals surface area (Å²) in [5, 5.41) is 8.58. The van der Waals surface area contributed by atoms with Gasteiger partial charge >= 0.3 is 0 Å². The Labute approximate surface area is 183 Å². The number of halogens is 1. The number of unbranched alkanes of at least 4 members (excludes halogenated alkanes) is 2. The van der Waals surface area contributed by atoms with E-state index in [4.69, 9.17) is 5.26 Å². The van der Waals surface area contributed by atoms with Gasteiger partial charge in [0.1, 0.15) is 6.07 Å². The molecule has 0 unspecified atom stereocenters. The minimum atomic E-state index is -0.614. The van der Waals surface area contributed by atoms with Gasteiger partial charge in [0.2, 0.25) is 0 Å². The fraction of sp³-hybridized carbons (Fsp3) is 0.607. The molecule has 1 nitrogen and oxygen atoms in total. The van der Waals surface area contributed by atoms with Crippen molar-refractivity contribution in [3.63, 3.8) is 0 Å². The molecule has 0 aliphatic heterocycles. The summed E-state index contributed by atoms with van der Waals surface area (Å²) in [4.78, 5) is 0. The average Bonchev–Trinajstić information content (AvgIpc) is 2.79. The second-order valence-electron chi connectivity index (χ2n) is 9.50. The van der Waals surface area contributed by atoms with Crippen molar-refractivity contribution in [1.29, 1.82) is 5.26 Å². The number of rotatable bonds is 8. The number of benzene rings is 1. The van der Waals surface area contributed by atoms with Gasteiger partial charge in [-0.1, -0.05) is 56.2 Å². The summed E-state index contributed by atoms with van der Waals surface area (Å²) < 4.78 is 13.1. The van der Waals surface area contributed by atoms with Gasteiger partial charge in [0.15, 0.2) is 5.83 Å². The lowest BCUT2D eigenvalue weighted by Crippen LogP contribution is -2.14. The quantitative estimate of drug-likeness (QED) is 0.241. The molecule has 0 aromatic heterocycles. The topological polar surface area (TPSA) is 23.8 Å². The number of hydrogen-bond acceptors (Lipinski definition) is 1. The maximum absolute atomic E-state index is 13.1. The van der Waals surface area contributed by atoms with Gasteiger partial charge in [0.25, 0.3) is 0 Å². The molecule has 0 heterocycles. The summed E-state index contributed by atoms with van der Waals surface area (Å²) in [7, 11) is 0. The average molecular weight is 408 g/mol. The summed E-state index contributed by atoms with van der Waals surface area (Å²) in [6.07, 6.45) is 21.0. The zero-order valence-corrected chi connectivity index (χ0v) is 18.7. The van der Waals surface area contributed by atoms with Gasteiger partial charge in [-0.05, 0) is 105 Å². The minimum absolute atomic E-state index is 0.253. The van der Waals surface area contributed by atoms with Crippen molar-refractivity contribution in [2.75, 3.05) is 0 Å². The zero-order chi connectivity index (χ0) is 21.2. The van der Waals surface area contributed by atoms with Crippen LogP contribution in [-0.2, 0) is 6.42 Å². The van der Waals surface area contributed by atoms with E-state index in [9.17, 15) is 4.39 Å². The van der Waals surface area contributed by atoms with Gasteiger partial charge in [-0.2, -0.15) is 9.65 Å². The van der Waals surface area contributed by atoms with Crippen LogP contribution in [0.3, 0.4) is 0 Å². The highest BCUT2D eigenvalue weighted by atomic mass is 19.1. The largest absolute Gasteiger partial charge is 0.196 e. The first-order chi connectivity index (χ1) is 14.7. The normalized spacial score (nSPS) is 27.8. The second-order valence-corrected chi connectivity index (χ2v) is 9.50. The first kappa shape index (κ1) is 22.8. The molecule has 1 aromatic carbocycles. The van der Waals surface area contributed by atoms with Crippen LogP contribution in [0.2, 0.25) is 0 Å². The maximum atomic E-state index is 13.1. The Morgan fingerprint density at radius 1 is 0.900 bits per heavy atom. The lowest BCUT2D eigenvalue weighted by Gasteiger charge is -2.28. The lowest BCUT2D eigenvalue weighted by atomic mass is 9.77. The van der Waals surface area contributed by atoms with Crippen LogP contribution in [0.1, 0.15) is 94.6 Å². The highest BCUT2D eigenvalue weighted by molar-refractivity contribution is 5.26. The van der Waals surface area contributed by atoms with Gasteiger partial charge < -0.3 is 0 Å². The number of nitrogens with zero attached hydrogens (tertiary/aromatic N) is 1. The first-order valence-electron chi connectivity index (χ1n) is 12.2. The van der Waals surface area contributed by atoms with Crippen molar-refractivity contribution in [3.8, 4) is 6.07 Å². The third-order valence-electron chi connectivity index (χ3n) is 7.25. The summed E-state index contributed by atoms with van der Waals surface area (Å²) in [6, 6.07) is 11.1. The molecule has 1 aromatic rings. The molecule has 0 amide bonds. The Kier molecular flexibility index (Phi) is 9.19. The van der Waals surface area contributed by atoms with Crippen LogP contribution in [0.4, 0.5) is 4.39 Å². The van der Waals surface area contributed by atoms with Gasteiger partial charge in [-0.3, -0.25) is 0 Å². The maximum Gasteiger partial charge on any atom is 0.196 e. The molecule has 3 rings (SSSR count). The van der Waals surface area contributed by atoms with Gasteiger partial charge in [-0.25, -0.2) is 0 Å². The van der Waals surface area contributed by atoms with Crippen LogP contribution in [0, 0.1) is 29.1 Å². The molecular weight excluding hydrogens is 369 g/mol. The number of allylic oxidation sites excluding steroid dienone is 4. The van der Waals surface area contributed by atoms with Crippen molar-refractivity contribution in [1.82, 2.24) is 0 Å². The fourth-order valence-electron chi connectivity index (χ4n) is 5.24. The van der Waals surface area contributed by atoms with E-state index in [-0.39, 0.29) is 5.92 Å². The molecule has 2 aliphatic rings. The smallest absolute Gasteiger partial charge is 0.195 e. The Morgan fingerprint density at radius 3 is 2.03 bits per heavy atom. The monoisotopic (exact) mass is 407 g/mol. The summed E-state index contributed by atoms with van der Waals surface area (Å²) in [5.41, 5.74) is 3.03. The van der Waals surface area contributed by atoms with Crippen molar-refractivity contribution < 1.29 is 4.39 Å². The zero-order valence-electron chi connectivity index (χ0n) is 18.7. The number of hydrogen-bond donors (Lipinski definition) is 0. The molecule has 30 heavy (non-hydrogen) atoms. The van der Waals surface area contributed by atoms with Gasteiger partial charge in [-0.15, -0.1) is 0 Å². The van der Waals surface area contributed by atoms with Gasteiger partial charge in [0, 0.05) is 0 Å². The molecular formula is C28H38FN. The molecule has 2 saturated carbocycles. The van der Waals surface area contributed by atoms with Crippen molar-refractivity contribution in [3.05, 3.63) is 59.4 Å². The molecule has 162 valence electrons. The van der Waals surface area contributed by atoms with E-state index in [0.717, 1.165) is 37.5 Å². The SMILES string of the molecule is CCCCCc1ccc(C2CCC(/C=C/C3CCC(C=C(F)C#N)CC3)CC2)cc1. The Morgan fingerprint density at radius 2 is 1.47 bits per heavy atom. The van der Waals surface area contributed by atoms with Crippen LogP contribution < -0.4 is 0 Å². The van der Waals surface area contributed by atoms with Crippen LogP contribution in [0.5, 0.6) is 0 Å². The van der Waals surface area contributed by atoms with Crippen molar-refractivity contribution in [2.45, 2.75) is 89.9 Å². The predicted molar refractivity (Wildman–Crippen MR) is 124 cm³/mol. The van der Waals surface area contributed by atoms with E-state index in [0.29, 0.717) is 5.92 Å². The van der Waals surface area contributed by atoms with Crippen LogP contribution in [0.15, 0.2) is 48.3 Å². The molecule has 2 fully saturated rings. The molecule has 0 atom stereocenters. The Bertz CT molecular complexity index is 723. The first-order valence-corrected chi connectivity index (χ1v) is 12.2. The molecule has 0 spiro atoms. The molecule has 0 N–H and O–H groups in total. The molecule has 0 saturated heterocycles. The summed E-state index contributed by atoms with van der Waals surface area (Å²) in [6.45, 7) is 2.26. The minimum Gasteiger partial charge on any atom is -0.195 e. The Balaban J connectivity index is 1.39. The fourth-order valence-corrected chi connectivity index (χ4v) is 5.24. The molecule has 2 heteroatoms. The Hall–Kier alpha value is -1.88. The van der Waals surface area contributed by atoms with E-state index in [1.807, 2.05) is 0 Å². The third-order valence-corrected chi connectivity index (χ3v) is 7.25. The van der Waals surface area contributed by atoms with Crippen LogP contribution >= 0.6 is 0 Å². The number of nitriles is 1. The van der Waals surface area contributed by atoms with E-state index in [2.05, 4.69) is 43.3 Å². The van der Waals surface area contributed by atoms with Crippen molar-refractivity contribution >= 4 is 0 Å². The molecule has 2 aliphatic carbocycles. The summed E-state index contributed by atoms with van der Waals surface area (Å²) >= 11 is 0. The van der Waals surface area contributed by atoms with E-state index < -0.39 is 5.83 Å². The lowest BCUT2D eigenvalue weighted by molar-refractivity contribution is 0.346. The standard InChI is InChI=1S/C28H38FN/c1-2-3-4-5-22-12-16-26(17-13-22)27-18-14-24(15-19-27)7-6-23-8-10-25(11-9-23)20-28(29)21-30/h6-7,12-13,16-17,20,23-25,27H,2-5,8-11,14-15,18-19H2,1H3/b7-6+,28-20?. The molecule has 0 radical (unpaired) electrons.